The minimum Gasteiger partial charge on any atom is -0.477 e. The Bertz CT molecular complexity index is 976. The molecule has 1 saturated heterocycles. The molecule has 1 atom stereocenters. The third kappa shape index (κ3) is 4.66. The topological polar surface area (TPSA) is 91.8 Å². The number of likely N-dealkylation sites (tertiary alicyclic amines) is 1. The molecule has 3 heterocycles. The zero-order valence-electron chi connectivity index (χ0n) is 17.2. The Balaban J connectivity index is 1.41. The highest BCUT2D eigenvalue weighted by Crippen LogP contribution is 2.34. The van der Waals surface area contributed by atoms with E-state index in [0.29, 0.717) is 22.0 Å². The predicted molar refractivity (Wildman–Crippen MR) is 117 cm³/mol. The highest BCUT2D eigenvalue weighted by Gasteiger charge is 2.33. The lowest BCUT2D eigenvalue weighted by Crippen LogP contribution is -2.50. The third-order valence-corrected chi connectivity index (χ3v) is 6.26. The van der Waals surface area contributed by atoms with Gasteiger partial charge in [0, 0.05) is 26.3 Å². The van der Waals surface area contributed by atoms with Crippen LogP contribution in [-0.4, -0.2) is 66.1 Å². The fourth-order valence-electron chi connectivity index (χ4n) is 3.68. The van der Waals surface area contributed by atoms with Crippen molar-refractivity contribution >= 4 is 35.2 Å². The number of fused-ring (bicyclic) bond motifs is 1. The Morgan fingerprint density at radius 1 is 1.16 bits per heavy atom. The number of pyridine rings is 1. The van der Waals surface area contributed by atoms with Gasteiger partial charge >= 0.3 is 0 Å². The van der Waals surface area contributed by atoms with Crippen molar-refractivity contribution in [3.05, 3.63) is 48.2 Å². The SMILES string of the molecule is CNC(=O)C1CN(C(=O)CSc2ccc(C(=O)N3CCCC3)cn2)c2ccccc2O1. The van der Waals surface area contributed by atoms with Crippen LogP contribution in [0.25, 0.3) is 0 Å². The van der Waals surface area contributed by atoms with E-state index >= 15 is 0 Å². The molecule has 0 aliphatic carbocycles. The molecule has 4 rings (SSSR count). The summed E-state index contributed by atoms with van der Waals surface area (Å²) in [6.45, 7) is 1.73. The summed E-state index contributed by atoms with van der Waals surface area (Å²) < 4.78 is 5.74. The number of benzene rings is 1. The van der Waals surface area contributed by atoms with Crippen LogP contribution in [0.15, 0.2) is 47.6 Å². The van der Waals surface area contributed by atoms with Crippen LogP contribution in [0, 0.1) is 0 Å². The van der Waals surface area contributed by atoms with Crippen LogP contribution < -0.4 is 15.0 Å². The van der Waals surface area contributed by atoms with Gasteiger partial charge in [0.15, 0.2) is 6.10 Å². The molecular formula is C22H24N4O4S. The molecule has 8 nitrogen and oxygen atoms in total. The molecule has 1 N–H and O–H groups in total. The summed E-state index contributed by atoms with van der Waals surface area (Å²) in [5.74, 6) is 0.237. The number of ether oxygens (including phenoxy) is 1. The molecule has 1 aromatic heterocycles. The summed E-state index contributed by atoms with van der Waals surface area (Å²) in [5, 5.41) is 3.23. The van der Waals surface area contributed by atoms with Gasteiger partial charge < -0.3 is 19.9 Å². The first kappa shape index (κ1) is 21.2. The van der Waals surface area contributed by atoms with Crippen LogP contribution in [0.2, 0.25) is 0 Å². The lowest BCUT2D eigenvalue weighted by atomic mass is 10.2. The number of rotatable bonds is 5. The van der Waals surface area contributed by atoms with Gasteiger partial charge in [-0.2, -0.15) is 0 Å². The highest BCUT2D eigenvalue weighted by atomic mass is 32.2. The van der Waals surface area contributed by atoms with Gasteiger partial charge in [-0.3, -0.25) is 14.4 Å². The molecule has 31 heavy (non-hydrogen) atoms. The highest BCUT2D eigenvalue weighted by molar-refractivity contribution is 7.99. The first-order chi connectivity index (χ1) is 15.1. The number of aromatic nitrogens is 1. The number of carbonyl (C=O) groups excluding carboxylic acids is 3. The fraction of sp³-hybridized carbons (Fsp3) is 0.364. The average molecular weight is 441 g/mol. The van der Waals surface area contributed by atoms with Crippen molar-refractivity contribution in [2.75, 3.05) is 37.3 Å². The van der Waals surface area contributed by atoms with E-state index in [0.717, 1.165) is 25.9 Å². The largest absolute Gasteiger partial charge is 0.477 e. The molecule has 1 unspecified atom stereocenters. The van der Waals surface area contributed by atoms with Crippen LogP contribution in [0.1, 0.15) is 23.2 Å². The summed E-state index contributed by atoms with van der Waals surface area (Å²) in [5.41, 5.74) is 1.21. The minimum absolute atomic E-state index is 0.00259. The van der Waals surface area contributed by atoms with E-state index in [1.54, 1.807) is 41.4 Å². The van der Waals surface area contributed by atoms with Crippen LogP contribution in [0.3, 0.4) is 0 Å². The number of hydrogen-bond acceptors (Lipinski definition) is 6. The van der Waals surface area contributed by atoms with Crippen molar-refractivity contribution in [2.24, 2.45) is 0 Å². The number of carbonyl (C=O) groups is 3. The van der Waals surface area contributed by atoms with Crippen LogP contribution in [-0.2, 0) is 9.59 Å². The van der Waals surface area contributed by atoms with Gasteiger partial charge in [0.2, 0.25) is 5.91 Å². The van der Waals surface area contributed by atoms with Gasteiger partial charge in [-0.25, -0.2) is 4.98 Å². The van der Waals surface area contributed by atoms with Crippen molar-refractivity contribution in [1.82, 2.24) is 15.2 Å². The third-order valence-electron chi connectivity index (χ3n) is 5.33. The van der Waals surface area contributed by atoms with Gasteiger partial charge in [-0.1, -0.05) is 23.9 Å². The number of nitrogens with one attached hydrogen (secondary N) is 1. The number of anilines is 1. The summed E-state index contributed by atoms with van der Waals surface area (Å²) in [6.07, 6.45) is 2.89. The number of amides is 3. The number of para-hydroxylation sites is 2. The predicted octanol–water partition coefficient (Wildman–Crippen LogP) is 1.95. The van der Waals surface area contributed by atoms with Gasteiger partial charge in [0.05, 0.1) is 28.6 Å². The van der Waals surface area contributed by atoms with Crippen molar-refractivity contribution in [3.63, 3.8) is 0 Å². The van der Waals surface area contributed by atoms with Gasteiger partial charge in [-0.15, -0.1) is 0 Å². The second-order valence-electron chi connectivity index (χ2n) is 7.37. The zero-order valence-corrected chi connectivity index (χ0v) is 18.1. The Labute approximate surface area is 185 Å². The van der Waals surface area contributed by atoms with E-state index in [4.69, 9.17) is 4.74 Å². The standard InChI is InChI=1S/C22H24N4O4S/c1-23-21(28)18-13-26(16-6-2-3-7-17(16)30-18)20(27)14-31-19-9-8-15(12-24-19)22(29)25-10-4-5-11-25/h2-3,6-9,12,18H,4-5,10-11,13-14H2,1H3,(H,23,28). The van der Waals surface area contributed by atoms with Crippen molar-refractivity contribution in [2.45, 2.75) is 24.0 Å². The second-order valence-corrected chi connectivity index (χ2v) is 8.36. The second kappa shape index (κ2) is 9.38. The van der Waals surface area contributed by atoms with Gasteiger partial charge in [0.25, 0.3) is 11.8 Å². The molecular weight excluding hydrogens is 416 g/mol. The normalized spacial score (nSPS) is 17.6. The lowest BCUT2D eigenvalue weighted by Gasteiger charge is -2.34. The molecule has 2 aliphatic heterocycles. The molecule has 0 radical (unpaired) electrons. The maximum atomic E-state index is 13.0. The van der Waals surface area contributed by atoms with Gasteiger partial charge in [0.1, 0.15) is 5.75 Å². The molecule has 0 bridgehead atoms. The molecule has 2 aliphatic rings. The summed E-state index contributed by atoms with van der Waals surface area (Å²) in [4.78, 5) is 45.3. The van der Waals surface area contributed by atoms with E-state index in [1.165, 1.54) is 18.8 Å². The van der Waals surface area contributed by atoms with E-state index in [-0.39, 0.29) is 30.0 Å². The number of likely N-dealkylation sites (N-methyl/N-ethyl adjacent to an activating group) is 1. The Morgan fingerprint density at radius 2 is 1.94 bits per heavy atom. The summed E-state index contributed by atoms with van der Waals surface area (Å²) in [7, 11) is 1.54. The number of nitrogens with zero attached hydrogens (tertiary/aromatic N) is 3. The van der Waals surface area contributed by atoms with E-state index in [9.17, 15) is 14.4 Å². The maximum Gasteiger partial charge on any atom is 0.262 e. The van der Waals surface area contributed by atoms with Crippen molar-refractivity contribution < 1.29 is 19.1 Å². The molecule has 1 fully saturated rings. The lowest BCUT2D eigenvalue weighted by molar-refractivity contribution is -0.127. The summed E-state index contributed by atoms with van der Waals surface area (Å²) in [6, 6.07) is 10.7. The van der Waals surface area contributed by atoms with Crippen molar-refractivity contribution in [1.29, 1.82) is 0 Å². The van der Waals surface area contributed by atoms with Crippen LogP contribution in [0.4, 0.5) is 5.69 Å². The Kier molecular flexibility index (Phi) is 6.41. The molecule has 1 aromatic carbocycles. The maximum absolute atomic E-state index is 13.0. The van der Waals surface area contributed by atoms with E-state index in [2.05, 4.69) is 10.3 Å². The molecule has 2 aromatic rings. The molecule has 3 amide bonds. The molecule has 162 valence electrons. The smallest absolute Gasteiger partial charge is 0.262 e. The van der Waals surface area contributed by atoms with E-state index < -0.39 is 6.10 Å². The molecule has 9 heteroatoms. The zero-order chi connectivity index (χ0) is 21.8. The van der Waals surface area contributed by atoms with Gasteiger partial charge in [-0.05, 0) is 37.1 Å². The minimum atomic E-state index is -0.761. The first-order valence-corrected chi connectivity index (χ1v) is 11.2. The number of thioether (sulfide) groups is 1. The van der Waals surface area contributed by atoms with Crippen LogP contribution >= 0.6 is 11.8 Å². The molecule has 0 saturated carbocycles. The van der Waals surface area contributed by atoms with Crippen molar-refractivity contribution in [3.8, 4) is 5.75 Å². The fourth-order valence-corrected chi connectivity index (χ4v) is 4.40. The van der Waals surface area contributed by atoms with E-state index in [1.807, 2.05) is 11.0 Å². The van der Waals surface area contributed by atoms with Crippen LogP contribution in [0.5, 0.6) is 5.75 Å². The Morgan fingerprint density at radius 3 is 2.65 bits per heavy atom. The molecule has 0 spiro atoms. The monoisotopic (exact) mass is 440 g/mol. The summed E-state index contributed by atoms with van der Waals surface area (Å²) >= 11 is 1.30. The first-order valence-electron chi connectivity index (χ1n) is 10.2. The number of hydrogen-bond donors (Lipinski definition) is 1. The average Bonchev–Trinajstić information content (AvgIpc) is 3.36. The Hall–Kier alpha value is -3.07. The quantitative estimate of drug-likeness (QED) is 0.715.